The SMILES string of the molecule is Cc1cccc(-c2nc(C(N)=O)cs2)c1. The molecule has 2 N–H and O–H groups in total. The van der Waals surface area contributed by atoms with Crippen LogP contribution in [0.25, 0.3) is 10.6 Å². The minimum Gasteiger partial charge on any atom is -0.364 e. The van der Waals surface area contributed by atoms with E-state index in [1.807, 2.05) is 31.2 Å². The van der Waals surface area contributed by atoms with Crippen LogP contribution in [0.15, 0.2) is 29.6 Å². The van der Waals surface area contributed by atoms with Crippen LogP contribution in [0.3, 0.4) is 0 Å². The number of thiazole rings is 1. The molecule has 15 heavy (non-hydrogen) atoms. The summed E-state index contributed by atoms with van der Waals surface area (Å²) in [7, 11) is 0. The van der Waals surface area contributed by atoms with Gasteiger partial charge in [0, 0.05) is 10.9 Å². The largest absolute Gasteiger partial charge is 0.364 e. The second-order valence-corrected chi connectivity index (χ2v) is 4.13. The molecule has 1 amide bonds. The lowest BCUT2D eigenvalue weighted by Crippen LogP contribution is -2.10. The van der Waals surface area contributed by atoms with Crippen molar-refractivity contribution in [3.05, 3.63) is 40.9 Å². The number of primary amides is 1. The third kappa shape index (κ3) is 2.05. The van der Waals surface area contributed by atoms with Crippen molar-refractivity contribution in [2.75, 3.05) is 0 Å². The molecular weight excluding hydrogens is 208 g/mol. The van der Waals surface area contributed by atoms with Gasteiger partial charge in [-0.05, 0) is 13.0 Å². The standard InChI is InChI=1S/C11H10N2OS/c1-7-3-2-4-8(5-7)11-13-9(6-15-11)10(12)14/h2-6H,1H3,(H2,12,14). The number of benzene rings is 1. The van der Waals surface area contributed by atoms with Crippen molar-refractivity contribution in [3.63, 3.8) is 0 Å². The van der Waals surface area contributed by atoms with Gasteiger partial charge in [-0.15, -0.1) is 11.3 Å². The van der Waals surface area contributed by atoms with Crippen molar-refractivity contribution in [1.29, 1.82) is 0 Å². The molecule has 0 aliphatic heterocycles. The highest BCUT2D eigenvalue weighted by atomic mass is 32.1. The highest BCUT2D eigenvalue weighted by molar-refractivity contribution is 7.13. The van der Waals surface area contributed by atoms with Crippen molar-refractivity contribution in [1.82, 2.24) is 4.98 Å². The first kappa shape index (κ1) is 9.86. The summed E-state index contributed by atoms with van der Waals surface area (Å²) in [6.45, 7) is 2.02. The van der Waals surface area contributed by atoms with Gasteiger partial charge < -0.3 is 5.73 Å². The maximum absolute atomic E-state index is 10.9. The monoisotopic (exact) mass is 218 g/mol. The van der Waals surface area contributed by atoms with E-state index in [4.69, 9.17) is 5.73 Å². The number of aromatic nitrogens is 1. The Kier molecular flexibility index (Phi) is 2.51. The molecule has 76 valence electrons. The highest BCUT2D eigenvalue weighted by Crippen LogP contribution is 2.24. The van der Waals surface area contributed by atoms with E-state index in [-0.39, 0.29) is 0 Å². The second-order valence-electron chi connectivity index (χ2n) is 3.27. The molecule has 4 heteroatoms. The van der Waals surface area contributed by atoms with E-state index in [2.05, 4.69) is 4.98 Å². The molecule has 0 saturated heterocycles. The van der Waals surface area contributed by atoms with Crippen LogP contribution in [-0.4, -0.2) is 10.9 Å². The van der Waals surface area contributed by atoms with Crippen LogP contribution >= 0.6 is 11.3 Å². The highest BCUT2D eigenvalue weighted by Gasteiger charge is 2.08. The van der Waals surface area contributed by atoms with Gasteiger partial charge >= 0.3 is 0 Å². The average molecular weight is 218 g/mol. The first-order valence-electron chi connectivity index (χ1n) is 4.49. The van der Waals surface area contributed by atoms with Crippen LogP contribution in [0.2, 0.25) is 0 Å². The number of rotatable bonds is 2. The van der Waals surface area contributed by atoms with Gasteiger partial charge in [0.25, 0.3) is 5.91 Å². The van der Waals surface area contributed by atoms with E-state index in [1.165, 1.54) is 16.9 Å². The summed E-state index contributed by atoms with van der Waals surface area (Å²) < 4.78 is 0. The molecule has 2 aromatic rings. The van der Waals surface area contributed by atoms with Crippen LogP contribution in [0.1, 0.15) is 16.1 Å². The molecule has 0 spiro atoms. The number of aryl methyl sites for hydroxylation is 1. The summed E-state index contributed by atoms with van der Waals surface area (Å²) in [5.41, 5.74) is 7.66. The number of nitrogens with zero attached hydrogens (tertiary/aromatic N) is 1. The smallest absolute Gasteiger partial charge is 0.268 e. The molecule has 1 aromatic carbocycles. The average Bonchev–Trinajstić information content (AvgIpc) is 2.66. The van der Waals surface area contributed by atoms with Crippen molar-refractivity contribution < 1.29 is 4.79 Å². The molecule has 0 bridgehead atoms. The third-order valence-corrected chi connectivity index (χ3v) is 2.91. The summed E-state index contributed by atoms with van der Waals surface area (Å²) in [4.78, 5) is 15.0. The van der Waals surface area contributed by atoms with Gasteiger partial charge in [-0.1, -0.05) is 23.8 Å². The van der Waals surface area contributed by atoms with Gasteiger partial charge in [-0.25, -0.2) is 4.98 Å². The van der Waals surface area contributed by atoms with E-state index < -0.39 is 5.91 Å². The Morgan fingerprint density at radius 2 is 2.27 bits per heavy atom. The zero-order valence-corrected chi connectivity index (χ0v) is 9.04. The number of carbonyl (C=O) groups is 1. The molecule has 0 aliphatic carbocycles. The fraction of sp³-hybridized carbons (Fsp3) is 0.0909. The maximum Gasteiger partial charge on any atom is 0.268 e. The lowest BCUT2D eigenvalue weighted by atomic mass is 10.1. The molecule has 0 atom stereocenters. The molecule has 1 heterocycles. The van der Waals surface area contributed by atoms with Gasteiger partial charge in [-0.3, -0.25) is 4.79 Å². The van der Waals surface area contributed by atoms with Crippen LogP contribution < -0.4 is 5.73 Å². The third-order valence-electron chi connectivity index (χ3n) is 2.02. The Bertz CT molecular complexity index is 505. The van der Waals surface area contributed by atoms with Crippen LogP contribution in [-0.2, 0) is 0 Å². The van der Waals surface area contributed by atoms with Crippen LogP contribution in [0, 0.1) is 6.92 Å². The van der Waals surface area contributed by atoms with Gasteiger partial charge in [-0.2, -0.15) is 0 Å². The Hall–Kier alpha value is -1.68. The van der Waals surface area contributed by atoms with Crippen molar-refractivity contribution in [2.45, 2.75) is 6.92 Å². The first-order chi connectivity index (χ1) is 7.16. The molecule has 0 radical (unpaired) electrons. The Balaban J connectivity index is 2.41. The summed E-state index contributed by atoms with van der Waals surface area (Å²) in [6.07, 6.45) is 0. The topological polar surface area (TPSA) is 56.0 Å². The Morgan fingerprint density at radius 1 is 1.47 bits per heavy atom. The molecule has 2 rings (SSSR count). The lowest BCUT2D eigenvalue weighted by Gasteiger charge is -1.96. The summed E-state index contributed by atoms with van der Waals surface area (Å²) in [5.74, 6) is -0.481. The predicted octanol–water partition coefficient (Wildman–Crippen LogP) is 2.22. The van der Waals surface area contributed by atoms with Crippen LogP contribution in [0.4, 0.5) is 0 Å². The Labute approximate surface area is 91.6 Å². The van der Waals surface area contributed by atoms with Crippen molar-refractivity contribution in [3.8, 4) is 10.6 Å². The van der Waals surface area contributed by atoms with E-state index in [0.29, 0.717) is 5.69 Å². The molecular formula is C11H10N2OS. The zero-order chi connectivity index (χ0) is 10.8. The quantitative estimate of drug-likeness (QED) is 0.840. The second kappa shape index (κ2) is 3.82. The number of hydrogen-bond donors (Lipinski definition) is 1. The number of nitrogens with two attached hydrogens (primary N) is 1. The summed E-state index contributed by atoms with van der Waals surface area (Å²) >= 11 is 1.43. The van der Waals surface area contributed by atoms with Crippen LogP contribution in [0.5, 0.6) is 0 Å². The summed E-state index contributed by atoms with van der Waals surface area (Å²) in [6, 6.07) is 7.99. The van der Waals surface area contributed by atoms with E-state index >= 15 is 0 Å². The van der Waals surface area contributed by atoms with Gasteiger partial charge in [0.05, 0.1) is 0 Å². The maximum atomic E-state index is 10.9. The predicted molar refractivity (Wildman–Crippen MR) is 60.8 cm³/mol. The molecule has 3 nitrogen and oxygen atoms in total. The summed E-state index contributed by atoms with van der Waals surface area (Å²) in [5, 5.41) is 2.51. The normalized spacial score (nSPS) is 10.2. The van der Waals surface area contributed by atoms with E-state index in [0.717, 1.165) is 10.6 Å². The van der Waals surface area contributed by atoms with E-state index in [9.17, 15) is 4.79 Å². The van der Waals surface area contributed by atoms with Crippen molar-refractivity contribution in [2.24, 2.45) is 5.73 Å². The first-order valence-corrected chi connectivity index (χ1v) is 5.37. The zero-order valence-electron chi connectivity index (χ0n) is 8.23. The minimum atomic E-state index is -0.481. The molecule has 1 aromatic heterocycles. The minimum absolute atomic E-state index is 0.330. The van der Waals surface area contributed by atoms with E-state index in [1.54, 1.807) is 5.38 Å². The molecule has 0 unspecified atom stereocenters. The van der Waals surface area contributed by atoms with Gasteiger partial charge in [0.2, 0.25) is 0 Å². The van der Waals surface area contributed by atoms with Crippen molar-refractivity contribution >= 4 is 17.2 Å². The number of amides is 1. The lowest BCUT2D eigenvalue weighted by molar-refractivity contribution is 0.0996. The number of hydrogen-bond acceptors (Lipinski definition) is 3. The number of carbonyl (C=O) groups excluding carboxylic acids is 1. The van der Waals surface area contributed by atoms with Gasteiger partial charge in [0.15, 0.2) is 0 Å². The fourth-order valence-corrected chi connectivity index (χ4v) is 2.10. The molecule has 0 aliphatic rings. The van der Waals surface area contributed by atoms with Gasteiger partial charge in [0.1, 0.15) is 10.7 Å². The molecule has 0 fully saturated rings. The molecule has 0 saturated carbocycles. The fourth-order valence-electron chi connectivity index (χ4n) is 1.30. The Morgan fingerprint density at radius 3 is 2.87 bits per heavy atom.